The molecule has 0 aromatic carbocycles. The average molecular weight is 214 g/mol. The zero-order chi connectivity index (χ0) is 11.8. The molecular formula is C12H14N4. The van der Waals surface area contributed by atoms with Gasteiger partial charge in [-0.25, -0.2) is 4.52 Å². The number of anilines is 1. The molecule has 0 saturated heterocycles. The van der Waals surface area contributed by atoms with Gasteiger partial charge in [0, 0.05) is 6.20 Å². The van der Waals surface area contributed by atoms with Crippen molar-refractivity contribution < 1.29 is 0 Å². The molecule has 0 spiro atoms. The monoisotopic (exact) mass is 214 g/mol. The lowest BCUT2D eigenvalue weighted by atomic mass is 10.1. The number of aromatic nitrogens is 3. The van der Waals surface area contributed by atoms with Crippen molar-refractivity contribution in [3.63, 3.8) is 0 Å². The van der Waals surface area contributed by atoms with Gasteiger partial charge in [0.2, 0.25) is 5.95 Å². The zero-order valence-electron chi connectivity index (χ0n) is 9.65. The number of fused-ring (bicyclic) bond motifs is 1. The van der Waals surface area contributed by atoms with Gasteiger partial charge in [0.25, 0.3) is 0 Å². The molecule has 0 aliphatic carbocycles. The van der Waals surface area contributed by atoms with Crippen LogP contribution in [-0.4, -0.2) is 20.1 Å². The van der Waals surface area contributed by atoms with Crippen molar-refractivity contribution >= 4 is 11.6 Å². The van der Waals surface area contributed by atoms with E-state index in [0.717, 1.165) is 11.2 Å². The summed E-state index contributed by atoms with van der Waals surface area (Å²) in [5, 5.41) is 7.38. The van der Waals surface area contributed by atoms with Crippen LogP contribution in [0.5, 0.6) is 0 Å². The molecule has 4 nitrogen and oxygen atoms in total. The minimum Gasteiger partial charge on any atom is -0.337 e. The Morgan fingerprint density at radius 3 is 2.94 bits per heavy atom. The first kappa shape index (κ1) is 10.5. The highest BCUT2D eigenvalue weighted by Gasteiger charge is 2.15. The third-order valence-corrected chi connectivity index (χ3v) is 2.28. The number of hydrogen-bond donors (Lipinski definition) is 1. The highest BCUT2D eigenvalue weighted by Crippen LogP contribution is 2.12. The molecule has 2 heterocycles. The SMILES string of the molecule is C#CC(C)(C)Nc1nc2cc(C)ccn2n1. The standard InChI is InChI=1S/C12H14N4/c1-5-12(3,4)14-11-13-10-8-9(2)6-7-16(10)15-11/h1,6-8H,2-4H3,(H,14,15). The lowest BCUT2D eigenvalue weighted by molar-refractivity contribution is 0.728. The lowest BCUT2D eigenvalue weighted by Crippen LogP contribution is -2.29. The van der Waals surface area contributed by atoms with Crippen LogP contribution in [0.4, 0.5) is 5.95 Å². The van der Waals surface area contributed by atoms with Crippen LogP contribution in [0.25, 0.3) is 5.65 Å². The molecule has 0 fully saturated rings. The maximum atomic E-state index is 5.40. The Morgan fingerprint density at radius 2 is 2.25 bits per heavy atom. The molecule has 2 aromatic rings. The predicted octanol–water partition coefficient (Wildman–Crippen LogP) is 1.86. The van der Waals surface area contributed by atoms with E-state index in [1.165, 1.54) is 0 Å². The van der Waals surface area contributed by atoms with E-state index >= 15 is 0 Å². The van der Waals surface area contributed by atoms with Crippen LogP contribution in [0.3, 0.4) is 0 Å². The van der Waals surface area contributed by atoms with Crippen LogP contribution < -0.4 is 5.32 Å². The molecule has 0 saturated carbocycles. The molecule has 82 valence electrons. The minimum atomic E-state index is -0.444. The number of aryl methyl sites for hydroxylation is 1. The first-order valence-electron chi connectivity index (χ1n) is 5.09. The van der Waals surface area contributed by atoms with E-state index in [2.05, 4.69) is 21.3 Å². The van der Waals surface area contributed by atoms with Crippen molar-refractivity contribution in [3.8, 4) is 12.3 Å². The van der Waals surface area contributed by atoms with E-state index in [-0.39, 0.29) is 0 Å². The lowest BCUT2D eigenvalue weighted by Gasteiger charge is -2.17. The molecule has 2 aromatic heterocycles. The van der Waals surface area contributed by atoms with Gasteiger partial charge in [-0.2, -0.15) is 4.98 Å². The molecule has 4 heteroatoms. The van der Waals surface area contributed by atoms with Crippen LogP contribution in [-0.2, 0) is 0 Å². The molecule has 0 unspecified atom stereocenters. The summed E-state index contributed by atoms with van der Waals surface area (Å²) in [4.78, 5) is 4.35. The second-order valence-corrected chi connectivity index (χ2v) is 4.34. The Kier molecular flexibility index (Phi) is 2.31. The summed E-state index contributed by atoms with van der Waals surface area (Å²) in [5.41, 5.74) is 1.53. The summed E-state index contributed by atoms with van der Waals surface area (Å²) in [6.07, 6.45) is 7.28. The first-order valence-corrected chi connectivity index (χ1v) is 5.09. The number of rotatable bonds is 2. The zero-order valence-corrected chi connectivity index (χ0v) is 9.65. The summed E-state index contributed by atoms with van der Waals surface area (Å²) in [7, 11) is 0. The quantitative estimate of drug-likeness (QED) is 0.776. The van der Waals surface area contributed by atoms with Crippen molar-refractivity contribution in [2.75, 3.05) is 5.32 Å². The first-order chi connectivity index (χ1) is 7.50. The van der Waals surface area contributed by atoms with Gasteiger partial charge in [0.15, 0.2) is 5.65 Å². The third-order valence-electron chi connectivity index (χ3n) is 2.28. The molecule has 0 aliphatic rings. The Morgan fingerprint density at radius 1 is 1.50 bits per heavy atom. The second kappa shape index (κ2) is 3.53. The fourth-order valence-corrected chi connectivity index (χ4v) is 1.35. The molecule has 16 heavy (non-hydrogen) atoms. The van der Waals surface area contributed by atoms with Crippen molar-refractivity contribution in [1.82, 2.24) is 14.6 Å². The van der Waals surface area contributed by atoms with Gasteiger partial charge in [-0.1, -0.05) is 5.92 Å². The predicted molar refractivity (Wildman–Crippen MR) is 64.3 cm³/mol. The number of terminal acetylenes is 1. The van der Waals surface area contributed by atoms with E-state index in [1.54, 1.807) is 4.52 Å². The Bertz CT molecular complexity index is 560. The number of nitrogens with zero attached hydrogens (tertiary/aromatic N) is 3. The largest absolute Gasteiger partial charge is 0.337 e. The highest BCUT2D eigenvalue weighted by atomic mass is 15.3. The van der Waals surface area contributed by atoms with Crippen LogP contribution in [0, 0.1) is 19.3 Å². The average Bonchev–Trinajstić information content (AvgIpc) is 2.58. The van der Waals surface area contributed by atoms with Crippen molar-refractivity contribution in [3.05, 3.63) is 23.9 Å². The van der Waals surface area contributed by atoms with E-state index in [9.17, 15) is 0 Å². The molecule has 0 radical (unpaired) electrons. The van der Waals surface area contributed by atoms with Crippen LogP contribution in [0.2, 0.25) is 0 Å². The molecular weight excluding hydrogens is 200 g/mol. The van der Waals surface area contributed by atoms with Gasteiger partial charge >= 0.3 is 0 Å². The van der Waals surface area contributed by atoms with Crippen LogP contribution in [0.1, 0.15) is 19.4 Å². The van der Waals surface area contributed by atoms with Gasteiger partial charge < -0.3 is 5.32 Å². The summed E-state index contributed by atoms with van der Waals surface area (Å²) in [6.45, 7) is 5.83. The van der Waals surface area contributed by atoms with Crippen LogP contribution in [0.15, 0.2) is 18.3 Å². The Balaban J connectivity index is 2.38. The second-order valence-electron chi connectivity index (χ2n) is 4.34. The van der Waals surface area contributed by atoms with E-state index in [4.69, 9.17) is 6.42 Å². The van der Waals surface area contributed by atoms with Crippen molar-refractivity contribution in [1.29, 1.82) is 0 Å². The minimum absolute atomic E-state index is 0.444. The topological polar surface area (TPSA) is 42.2 Å². The van der Waals surface area contributed by atoms with Gasteiger partial charge in [-0.05, 0) is 38.5 Å². The number of pyridine rings is 1. The Hall–Kier alpha value is -2.02. The van der Waals surface area contributed by atoms with Gasteiger partial charge in [0.05, 0.1) is 5.54 Å². The van der Waals surface area contributed by atoms with Crippen molar-refractivity contribution in [2.45, 2.75) is 26.3 Å². The third kappa shape index (κ3) is 1.98. The number of nitrogens with one attached hydrogen (secondary N) is 1. The maximum Gasteiger partial charge on any atom is 0.244 e. The highest BCUT2D eigenvalue weighted by molar-refractivity contribution is 5.46. The molecule has 0 atom stereocenters. The maximum absolute atomic E-state index is 5.40. The molecule has 0 aliphatic heterocycles. The fraction of sp³-hybridized carbons (Fsp3) is 0.333. The summed E-state index contributed by atoms with van der Waals surface area (Å²) in [6, 6.07) is 3.96. The van der Waals surface area contributed by atoms with E-state index < -0.39 is 5.54 Å². The summed E-state index contributed by atoms with van der Waals surface area (Å²) in [5.74, 6) is 3.19. The van der Waals surface area contributed by atoms with E-state index in [1.807, 2.05) is 39.1 Å². The molecule has 0 bridgehead atoms. The van der Waals surface area contributed by atoms with E-state index in [0.29, 0.717) is 5.95 Å². The number of hydrogen-bond acceptors (Lipinski definition) is 3. The molecule has 2 rings (SSSR count). The molecule has 1 N–H and O–H groups in total. The van der Waals surface area contributed by atoms with Gasteiger partial charge in [-0.15, -0.1) is 11.5 Å². The smallest absolute Gasteiger partial charge is 0.244 e. The van der Waals surface area contributed by atoms with Crippen molar-refractivity contribution in [2.24, 2.45) is 0 Å². The van der Waals surface area contributed by atoms with Gasteiger partial charge in [0.1, 0.15) is 0 Å². The Labute approximate surface area is 94.7 Å². The van der Waals surface area contributed by atoms with Crippen LogP contribution >= 0.6 is 0 Å². The molecule has 0 amide bonds. The van der Waals surface area contributed by atoms with Gasteiger partial charge in [-0.3, -0.25) is 0 Å². The fourth-order valence-electron chi connectivity index (χ4n) is 1.35. The summed E-state index contributed by atoms with van der Waals surface area (Å²) < 4.78 is 1.72. The normalized spacial score (nSPS) is 11.4. The summed E-state index contributed by atoms with van der Waals surface area (Å²) >= 11 is 0.